The van der Waals surface area contributed by atoms with Gasteiger partial charge in [0.1, 0.15) is 0 Å². The van der Waals surface area contributed by atoms with Gasteiger partial charge in [0.05, 0.1) is 0 Å². The smallest absolute Gasteiger partial charge is 0.0220 e. The maximum atomic E-state index is 2.40. The Morgan fingerprint density at radius 1 is 0.556 bits per heavy atom. The van der Waals surface area contributed by atoms with Crippen LogP contribution in [0.3, 0.4) is 0 Å². The van der Waals surface area contributed by atoms with Crippen molar-refractivity contribution in [2.45, 2.75) is 47.3 Å². The molecule has 0 atom stereocenters. The van der Waals surface area contributed by atoms with E-state index in [1.54, 1.807) is 0 Å². The molecule has 0 heterocycles. The third-order valence-corrected chi connectivity index (χ3v) is 6.22. The van der Waals surface area contributed by atoms with Crippen molar-refractivity contribution in [2.24, 2.45) is 0 Å². The Bertz CT molecular complexity index is 297. The molecule has 0 nitrogen and oxygen atoms in total. The summed E-state index contributed by atoms with van der Waals surface area (Å²) in [5.74, 6) is 4.59. The molecule has 0 aromatic heterocycles. The fourth-order valence-corrected chi connectivity index (χ4v) is 5.31. The molecule has 1 aromatic carbocycles. The first kappa shape index (κ1) is 16.7. The Balaban J connectivity index is 3.11. The zero-order valence-corrected chi connectivity index (χ0v) is 14.9. The van der Waals surface area contributed by atoms with Crippen molar-refractivity contribution in [3.8, 4) is 0 Å². The average molecular weight is 319 g/mol. The molecule has 1 rings (SSSR count). The minimum Gasteiger partial charge on any atom is -0.125 e. The van der Waals surface area contributed by atoms with Crippen LogP contribution in [0.5, 0.6) is 0 Å². The lowest BCUT2D eigenvalue weighted by molar-refractivity contribution is 1.09. The van der Waals surface area contributed by atoms with Crippen LogP contribution in [-0.2, 0) is 0 Å². The van der Waals surface area contributed by atoms with Crippen molar-refractivity contribution in [3.63, 3.8) is 0 Å². The van der Waals surface area contributed by atoms with Crippen LogP contribution < -0.4 is 0 Å². The van der Waals surface area contributed by atoms with Gasteiger partial charge in [-0.1, -0.05) is 27.7 Å². The third-order valence-electron chi connectivity index (χ3n) is 2.21. The summed E-state index contributed by atoms with van der Waals surface area (Å²) in [4.78, 5) is 5.84. The fraction of sp³-hybridized carbons (Fsp3) is 0.571. The van der Waals surface area contributed by atoms with Crippen molar-refractivity contribution in [1.29, 1.82) is 0 Å². The molecular formula is C14H22S4. The third kappa shape index (κ3) is 4.95. The largest absolute Gasteiger partial charge is 0.125 e. The number of hydrogen-bond acceptors (Lipinski definition) is 4. The highest BCUT2D eigenvalue weighted by Gasteiger charge is 2.10. The van der Waals surface area contributed by atoms with E-state index in [2.05, 4.69) is 39.8 Å². The number of thioether (sulfide) groups is 4. The summed E-state index contributed by atoms with van der Waals surface area (Å²) in [5, 5.41) is 0. The van der Waals surface area contributed by atoms with E-state index in [1.165, 1.54) is 19.6 Å². The Labute approximate surface area is 129 Å². The van der Waals surface area contributed by atoms with E-state index in [0.29, 0.717) is 0 Å². The molecule has 0 spiro atoms. The zero-order valence-electron chi connectivity index (χ0n) is 11.6. The molecule has 0 amide bonds. The lowest BCUT2D eigenvalue weighted by Gasteiger charge is -2.14. The number of hydrogen-bond donors (Lipinski definition) is 0. The maximum absolute atomic E-state index is 2.40. The van der Waals surface area contributed by atoms with Gasteiger partial charge in [-0.25, -0.2) is 0 Å². The van der Waals surface area contributed by atoms with Crippen LogP contribution in [0.1, 0.15) is 27.7 Å². The van der Waals surface area contributed by atoms with Gasteiger partial charge in [0.2, 0.25) is 0 Å². The van der Waals surface area contributed by atoms with Crippen LogP contribution in [0.15, 0.2) is 31.7 Å². The molecule has 4 heteroatoms. The minimum atomic E-state index is 1.15. The van der Waals surface area contributed by atoms with Gasteiger partial charge in [0.15, 0.2) is 0 Å². The van der Waals surface area contributed by atoms with Gasteiger partial charge in [0, 0.05) is 19.6 Å². The number of benzene rings is 1. The lowest BCUT2D eigenvalue weighted by Crippen LogP contribution is -1.88. The van der Waals surface area contributed by atoms with E-state index in [-0.39, 0.29) is 0 Å². The molecular weight excluding hydrogens is 296 g/mol. The van der Waals surface area contributed by atoms with E-state index < -0.39 is 0 Å². The second-order valence-electron chi connectivity index (χ2n) is 3.48. The van der Waals surface area contributed by atoms with Crippen LogP contribution in [0.2, 0.25) is 0 Å². The summed E-state index contributed by atoms with van der Waals surface area (Å²) >= 11 is 7.86. The first-order chi connectivity index (χ1) is 8.76. The Kier molecular flexibility index (Phi) is 8.81. The van der Waals surface area contributed by atoms with Crippen molar-refractivity contribution in [2.75, 3.05) is 23.0 Å². The molecule has 0 aliphatic carbocycles. The van der Waals surface area contributed by atoms with Gasteiger partial charge in [0.25, 0.3) is 0 Å². The fourth-order valence-electron chi connectivity index (χ4n) is 1.60. The van der Waals surface area contributed by atoms with Gasteiger partial charge < -0.3 is 0 Å². The Morgan fingerprint density at radius 2 is 0.778 bits per heavy atom. The first-order valence-corrected chi connectivity index (χ1v) is 10.4. The second-order valence-corrected chi connectivity index (χ2v) is 8.70. The molecule has 0 N–H and O–H groups in total. The highest BCUT2D eigenvalue weighted by molar-refractivity contribution is 8.03. The Hall–Kier alpha value is 0.620. The number of rotatable bonds is 8. The summed E-state index contributed by atoms with van der Waals surface area (Å²) in [5.41, 5.74) is 0. The van der Waals surface area contributed by atoms with Crippen LogP contribution >= 0.6 is 47.0 Å². The van der Waals surface area contributed by atoms with Crippen LogP contribution in [0, 0.1) is 0 Å². The zero-order chi connectivity index (χ0) is 13.4. The normalized spacial score (nSPS) is 10.9. The Morgan fingerprint density at radius 3 is 0.944 bits per heavy atom. The maximum Gasteiger partial charge on any atom is 0.0220 e. The SMILES string of the molecule is CCSc1cc(SCC)c(SCC)cc1SCC. The highest BCUT2D eigenvalue weighted by atomic mass is 32.2. The van der Waals surface area contributed by atoms with Crippen molar-refractivity contribution in [3.05, 3.63) is 12.1 Å². The van der Waals surface area contributed by atoms with Gasteiger partial charge in [-0.05, 0) is 35.1 Å². The molecule has 1 aromatic rings. The molecule has 0 fully saturated rings. The van der Waals surface area contributed by atoms with Crippen LogP contribution in [0.4, 0.5) is 0 Å². The predicted molar refractivity (Wildman–Crippen MR) is 92.0 cm³/mol. The molecule has 0 aliphatic heterocycles. The molecule has 0 unspecified atom stereocenters. The van der Waals surface area contributed by atoms with Gasteiger partial charge in [-0.3, -0.25) is 0 Å². The van der Waals surface area contributed by atoms with Crippen LogP contribution in [-0.4, -0.2) is 23.0 Å². The first-order valence-electron chi connectivity index (χ1n) is 6.45. The van der Waals surface area contributed by atoms with E-state index >= 15 is 0 Å². The van der Waals surface area contributed by atoms with E-state index in [9.17, 15) is 0 Å². The van der Waals surface area contributed by atoms with Gasteiger partial charge in [-0.15, -0.1) is 47.0 Å². The molecule has 0 saturated carbocycles. The van der Waals surface area contributed by atoms with Crippen molar-refractivity contribution < 1.29 is 0 Å². The summed E-state index contributed by atoms with van der Waals surface area (Å²) in [6, 6.07) is 4.80. The van der Waals surface area contributed by atoms with E-state index in [1.807, 2.05) is 47.0 Å². The van der Waals surface area contributed by atoms with Crippen molar-refractivity contribution >= 4 is 47.0 Å². The lowest BCUT2D eigenvalue weighted by atomic mass is 10.3. The molecule has 0 saturated heterocycles. The monoisotopic (exact) mass is 318 g/mol. The average Bonchev–Trinajstić information content (AvgIpc) is 2.35. The quantitative estimate of drug-likeness (QED) is 0.528. The minimum absolute atomic E-state index is 1.15. The van der Waals surface area contributed by atoms with E-state index in [0.717, 1.165) is 23.0 Å². The van der Waals surface area contributed by atoms with Crippen molar-refractivity contribution in [1.82, 2.24) is 0 Å². The summed E-state index contributed by atoms with van der Waals surface area (Å²) in [7, 11) is 0. The molecule has 0 bridgehead atoms. The molecule has 0 radical (unpaired) electrons. The van der Waals surface area contributed by atoms with Gasteiger partial charge in [-0.2, -0.15) is 0 Å². The summed E-state index contributed by atoms with van der Waals surface area (Å²) < 4.78 is 0. The highest BCUT2D eigenvalue weighted by Crippen LogP contribution is 2.40. The molecule has 102 valence electrons. The predicted octanol–water partition coefficient (Wildman–Crippen LogP) is 6.13. The van der Waals surface area contributed by atoms with E-state index in [4.69, 9.17) is 0 Å². The molecule has 0 aliphatic rings. The van der Waals surface area contributed by atoms with Gasteiger partial charge >= 0.3 is 0 Å². The topological polar surface area (TPSA) is 0 Å². The standard InChI is InChI=1S/C14H22S4/c1-5-15-11-9-13(17-7-3)14(18-8-4)10-12(11)16-6-2/h9-10H,5-8H2,1-4H3. The summed E-state index contributed by atoms with van der Waals surface area (Å²) in [6.07, 6.45) is 0. The molecule has 18 heavy (non-hydrogen) atoms. The van der Waals surface area contributed by atoms with Crippen LogP contribution in [0.25, 0.3) is 0 Å². The second kappa shape index (κ2) is 9.51. The summed E-state index contributed by atoms with van der Waals surface area (Å²) in [6.45, 7) is 8.91.